The SMILES string of the molecule is NC(CC1CC2C=CC1CC2)C(F)F. The van der Waals surface area contributed by atoms with Crippen molar-refractivity contribution in [3.8, 4) is 0 Å². The zero-order valence-corrected chi connectivity index (χ0v) is 8.20. The van der Waals surface area contributed by atoms with E-state index in [0.29, 0.717) is 24.2 Å². The predicted octanol–water partition coefficient (Wildman–Crippen LogP) is 2.57. The third-order valence-corrected chi connectivity index (χ3v) is 3.61. The van der Waals surface area contributed by atoms with E-state index in [4.69, 9.17) is 5.73 Å². The van der Waals surface area contributed by atoms with Crippen LogP contribution < -0.4 is 5.73 Å². The van der Waals surface area contributed by atoms with Crippen LogP contribution in [0.1, 0.15) is 25.7 Å². The minimum atomic E-state index is -2.36. The van der Waals surface area contributed by atoms with E-state index >= 15 is 0 Å². The molecule has 0 aromatic heterocycles. The van der Waals surface area contributed by atoms with Crippen molar-refractivity contribution in [1.29, 1.82) is 0 Å². The molecule has 80 valence electrons. The molecule has 0 saturated heterocycles. The minimum Gasteiger partial charge on any atom is -0.323 e. The van der Waals surface area contributed by atoms with E-state index in [0.717, 1.165) is 6.42 Å². The largest absolute Gasteiger partial charge is 0.323 e. The first kappa shape index (κ1) is 10.1. The van der Waals surface area contributed by atoms with E-state index in [1.807, 2.05) is 0 Å². The Morgan fingerprint density at radius 1 is 1.29 bits per heavy atom. The summed E-state index contributed by atoms with van der Waals surface area (Å²) in [5.74, 6) is 1.56. The summed E-state index contributed by atoms with van der Waals surface area (Å²) in [6.45, 7) is 0. The number of allylic oxidation sites excluding steroid dienone is 2. The molecule has 4 atom stereocenters. The van der Waals surface area contributed by atoms with Gasteiger partial charge in [0.2, 0.25) is 0 Å². The maximum Gasteiger partial charge on any atom is 0.253 e. The quantitative estimate of drug-likeness (QED) is 0.698. The lowest BCUT2D eigenvalue weighted by molar-refractivity contribution is 0.0879. The Morgan fingerprint density at radius 3 is 2.50 bits per heavy atom. The lowest BCUT2D eigenvalue weighted by Gasteiger charge is -2.39. The zero-order chi connectivity index (χ0) is 10.1. The van der Waals surface area contributed by atoms with Gasteiger partial charge in [0.25, 0.3) is 6.43 Å². The molecule has 0 aromatic rings. The van der Waals surface area contributed by atoms with Crippen LogP contribution in [0.3, 0.4) is 0 Å². The Bertz CT molecular complexity index is 227. The third kappa shape index (κ3) is 1.97. The Labute approximate surface area is 83.4 Å². The van der Waals surface area contributed by atoms with Gasteiger partial charge in [0.05, 0.1) is 6.04 Å². The van der Waals surface area contributed by atoms with Crippen LogP contribution in [0.2, 0.25) is 0 Å². The summed E-state index contributed by atoms with van der Waals surface area (Å²) in [7, 11) is 0. The molecular formula is C11H17F2N. The van der Waals surface area contributed by atoms with Gasteiger partial charge in [0.1, 0.15) is 0 Å². The van der Waals surface area contributed by atoms with Crippen molar-refractivity contribution in [2.45, 2.75) is 38.2 Å². The Kier molecular flexibility index (Phi) is 2.86. The van der Waals surface area contributed by atoms with E-state index in [1.165, 1.54) is 12.8 Å². The van der Waals surface area contributed by atoms with Gasteiger partial charge in [-0.1, -0.05) is 12.2 Å². The molecule has 2 bridgehead atoms. The molecule has 0 radical (unpaired) electrons. The predicted molar refractivity (Wildman–Crippen MR) is 52.1 cm³/mol. The molecule has 1 nitrogen and oxygen atoms in total. The van der Waals surface area contributed by atoms with Crippen molar-refractivity contribution in [1.82, 2.24) is 0 Å². The summed E-state index contributed by atoms with van der Waals surface area (Å²) in [5.41, 5.74) is 5.40. The number of hydrogen-bond donors (Lipinski definition) is 1. The number of alkyl halides is 2. The van der Waals surface area contributed by atoms with Crippen molar-refractivity contribution in [3.05, 3.63) is 12.2 Å². The zero-order valence-electron chi connectivity index (χ0n) is 8.20. The van der Waals surface area contributed by atoms with Crippen LogP contribution in [0.15, 0.2) is 12.2 Å². The number of nitrogens with two attached hydrogens (primary N) is 1. The molecule has 1 fully saturated rings. The fourth-order valence-electron chi connectivity index (χ4n) is 2.78. The van der Waals surface area contributed by atoms with Crippen LogP contribution in [-0.4, -0.2) is 12.5 Å². The minimum absolute atomic E-state index is 0.405. The summed E-state index contributed by atoms with van der Waals surface area (Å²) in [6.07, 6.45) is 6.06. The Hall–Kier alpha value is -0.440. The summed E-state index contributed by atoms with van der Waals surface area (Å²) in [6, 6.07) is -0.923. The average Bonchev–Trinajstić information content (AvgIpc) is 2.19. The van der Waals surface area contributed by atoms with E-state index in [-0.39, 0.29) is 0 Å². The maximum absolute atomic E-state index is 12.3. The molecule has 1 saturated carbocycles. The van der Waals surface area contributed by atoms with Gasteiger partial charge < -0.3 is 5.73 Å². The standard InChI is InChI=1S/C11H17F2N/c12-11(13)10(14)6-9-5-7-1-3-8(9)4-2-7/h1,3,7-11H,2,4-6,14H2. The fraction of sp³-hybridized carbons (Fsp3) is 0.818. The van der Waals surface area contributed by atoms with Gasteiger partial charge in [0.15, 0.2) is 0 Å². The van der Waals surface area contributed by atoms with Crippen LogP contribution >= 0.6 is 0 Å². The van der Waals surface area contributed by atoms with Crippen molar-refractivity contribution in [2.75, 3.05) is 0 Å². The van der Waals surface area contributed by atoms with E-state index in [9.17, 15) is 8.78 Å². The molecular weight excluding hydrogens is 184 g/mol. The Balaban J connectivity index is 1.91. The first-order valence-electron chi connectivity index (χ1n) is 5.39. The maximum atomic E-state index is 12.3. The summed E-state index contributed by atoms with van der Waals surface area (Å²) in [5, 5.41) is 0. The second kappa shape index (κ2) is 3.97. The number of halogens is 2. The molecule has 14 heavy (non-hydrogen) atoms. The lowest BCUT2D eigenvalue weighted by Crippen LogP contribution is -2.36. The average molecular weight is 201 g/mol. The van der Waals surface area contributed by atoms with Crippen molar-refractivity contribution in [3.63, 3.8) is 0 Å². The molecule has 3 aliphatic carbocycles. The molecule has 2 N–H and O–H groups in total. The van der Waals surface area contributed by atoms with Crippen LogP contribution in [-0.2, 0) is 0 Å². The van der Waals surface area contributed by atoms with Gasteiger partial charge in [-0.2, -0.15) is 0 Å². The molecule has 3 heteroatoms. The molecule has 0 aromatic carbocycles. The number of rotatable bonds is 3. The molecule has 0 amide bonds. The van der Waals surface area contributed by atoms with E-state index in [1.54, 1.807) is 0 Å². The normalized spacial score (nSPS) is 37.9. The molecule has 4 unspecified atom stereocenters. The number of hydrogen-bond acceptors (Lipinski definition) is 1. The van der Waals surface area contributed by atoms with Crippen LogP contribution in [0.25, 0.3) is 0 Å². The highest BCUT2D eigenvalue weighted by Crippen LogP contribution is 2.42. The highest BCUT2D eigenvalue weighted by Gasteiger charge is 2.33. The van der Waals surface area contributed by atoms with Crippen molar-refractivity contribution >= 4 is 0 Å². The van der Waals surface area contributed by atoms with Crippen molar-refractivity contribution in [2.24, 2.45) is 23.5 Å². The first-order chi connectivity index (χ1) is 6.66. The number of fused-ring (bicyclic) bond motifs is 2. The molecule has 0 spiro atoms. The highest BCUT2D eigenvalue weighted by molar-refractivity contribution is 5.06. The fourth-order valence-corrected chi connectivity index (χ4v) is 2.78. The summed E-state index contributed by atoms with van der Waals surface area (Å²) >= 11 is 0. The monoisotopic (exact) mass is 201 g/mol. The Morgan fingerprint density at radius 2 is 2.07 bits per heavy atom. The third-order valence-electron chi connectivity index (χ3n) is 3.61. The van der Waals surface area contributed by atoms with Gasteiger partial charge in [-0.3, -0.25) is 0 Å². The second-order valence-electron chi connectivity index (χ2n) is 4.62. The highest BCUT2D eigenvalue weighted by atomic mass is 19.3. The lowest BCUT2D eigenvalue weighted by atomic mass is 9.67. The topological polar surface area (TPSA) is 26.0 Å². The van der Waals surface area contributed by atoms with Gasteiger partial charge in [0, 0.05) is 0 Å². The van der Waals surface area contributed by atoms with Gasteiger partial charge >= 0.3 is 0 Å². The van der Waals surface area contributed by atoms with E-state index in [2.05, 4.69) is 12.2 Å². The molecule has 0 heterocycles. The van der Waals surface area contributed by atoms with Gasteiger partial charge in [-0.25, -0.2) is 8.78 Å². The second-order valence-corrected chi connectivity index (χ2v) is 4.62. The summed E-state index contributed by atoms with van der Waals surface area (Å²) < 4.78 is 24.6. The van der Waals surface area contributed by atoms with Gasteiger partial charge in [-0.15, -0.1) is 0 Å². The molecule has 3 rings (SSSR count). The van der Waals surface area contributed by atoms with Crippen LogP contribution in [0.5, 0.6) is 0 Å². The van der Waals surface area contributed by atoms with Crippen molar-refractivity contribution < 1.29 is 8.78 Å². The van der Waals surface area contributed by atoms with Crippen LogP contribution in [0.4, 0.5) is 8.78 Å². The molecule has 3 aliphatic rings. The smallest absolute Gasteiger partial charge is 0.253 e. The van der Waals surface area contributed by atoms with Gasteiger partial charge in [-0.05, 0) is 43.4 Å². The first-order valence-corrected chi connectivity index (χ1v) is 5.39. The van der Waals surface area contributed by atoms with E-state index < -0.39 is 12.5 Å². The van der Waals surface area contributed by atoms with Crippen LogP contribution in [0, 0.1) is 17.8 Å². The summed E-state index contributed by atoms with van der Waals surface area (Å²) in [4.78, 5) is 0. The molecule has 0 aliphatic heterocycles.